The Morgan fingerprint density at radius 1 is 0.947 bits per heavy atom. The number of ketones is 1. The first-order chi connectivity index (χ1) is 27.5. The van der Waals surface area contributed by atoms with E-state index < -0.39 is 12.0 Å². The number of likely N-dealkylation sites (N-methyl/N-ethyl adjacent to an activating group) is 1. The summed E-state index contributed by atoms with van der Waals surface area (Å²) in [4.78, 5) is 38.7. The van der Waals surface area contributed by atoms with Crippen LogP contribution >= 0.6 is 23.2 Å². The zero-order valence-electron chi connectivity index (χ0n) is 32.2. The number of ether oxygens (including phenoxy) is 2. The summed E-state index contributed by atoms with van der Waals surface area (Å²) < 4.78 is 14.6. The normalized spacial score (nSPS) is 15.8. The molecule has 0 bridgehead atoms. The van der Waals surface area contributed by atoms with Crippen LogP contribution in [0.3, 0.4) is 0 Å². The van der Waals surface area contributed by atoms with Gasteiger partial charge < -0.3 is 24.0 Å². The Bertz CT molecular complexity index is 2370. The lowest BCUT2D eigenvalue weighted by molar-refractivity contribution is -0.144. The second-order valence-electron chi connectivity index (χ2n) is 14.8. The summed E-state index contributed by atoms with van der Waals surface area (Å²) in [6.07, 6.45) is 6.44. The van der Waals surface area contributed by atoms with Gasteiger partial charge in [-0.25, -0.2) is 4.98 Å². The fourth-order valence-corrected chi connectivity index (χ4v) is 8.32. The highest BCUT2D eigenvalue weighted by Crippen LogP contribution is 2.38. The van der Waals surface area contributed by atoms with Crippen LogP contribution in [0.1, 0.15) is 74.6 Å². The van der Waals surface area contributed by atoms with Gasteiger partial charge in [-0.3, -0.25) is 19.5 Å². The van der Waals surface area contributed by atoms with Crippen LogP contribution in [0.5, 0.6) is 11.5 Å². The lowest BCUT2D eigenvalue weighted by atomic mass is 9.94. The van der Waals surface area contributed by atoms with E-state index in [2.05, 4.69) is 23.0 Å². The van der Waals surface area contributed by atoms with Crippen LogP contribution in [0.15, 0.2) is 67.0 Å². The Hall–Kier alpha value is -5.25. The number of carbonyl (C=O) groups excluding carboxylic acids is 1. The van der Waals surface area contributed by atoms with Gasteiger partial charge in [0.05, 0.1) is 21.3 Å². The van der Waals surface area contributed by atoms with E-state index in [1.54, 1.807) is 24.4 Å². The number of halogens is 2. The Morgan fingerprint density at radius 2 is 1.72 bits per heavy atom. The number of rotatable bonds is 13. The predicted molar refractivity (Wildman–Crippen MR) is 218 cm³/mol. The van der Waals surface area contributed by atoms with Crippen LogP contribution < -0.4 is 9.47 Å². The van der Waals surface area contributed by atoms with Gasteiger partial charge in [0, 0.05) is 80.4 Å². The van der Waals surface area contributed by atoms with E-state index in [0.29, 0.717) is 58.0 Å². The maximum Gasteiger partial charge on any atom is 0.320 e. The van der Waals surface area contributed by atoms with Crippen molar-refractivity contribution in [2.24, 2.45) is 7.05 Å². The number of hydrogen-bond acceptors (Lipinski definition) is 9. The van der Waals surface area contributed by atoms with E-state index in [0.717, 1.165) is 77.1 Å². The van der Waals surface area contributed by atoms with Gasteiger partial charge in [-0.2, -0.15) is 5.26 Å². The molecule has 2 aliphatic rings. The van der Waals surface area contributed by atoms with Crippen LogP contribution in [-0.2, 0) is 51.0 Å². The van der Waals surface area contributed by atoms with Crippen LogP contribution in [0.4, 0.5) is 0 Å². The standard InChI is InChI=1S/C44H44Cl2N6O5/c1-27-31(9-7-10-33(27)34-11-6-8-30(42(34)46)18-39(53)43-49-36-24-50(2)15-13-37(36)51(43)3)26-57-41-19-40(56-25-29-16-28(20-47)21-48-22-29)32(17-35(41)45)23-52-14-5-4-12-38(52)44(54)55/h6-11,16-17,19,21-22,38H,4-5,12-15,18,23-26H2,1-3H3,(H,54,55)/t38-/m0/s1. The number of Topliss-reactive ketones (excluding diaryl/α,β-unsaturated/α-hetero) is 1. The molecule has 13 heteroatoms. The zero-order valence-corrected chi connectivity index (χ0v) is 33.7. The molecule has 2 aliphatic heterocycles. The number of imidazole rings is 1. The van der Waals surface area contributed by atoms with Gasteiger partial charge in [0.1, 0.15) is 36.8 Å². The molecule has 57 heavy (non-hydrogen) atoms. The molecule has 1 atom stereocenters. The van der Waals surface area contributed by atoms with Crippen molar-refractivity contribution in [1.82, 2.24) is 24.3 Å². The molecule has 1 fully saturated rings. The van der Waals surface area contributed by atoms with E-state index in [-0.39, 0.29) is 25.4 Å². The number of benzene rings is 3. The fraction of sp³-hybridized carbons (Fsp3) is 0.341. The predicted octanol–water partition coefficient (Wildman–Crippen LogP) is 7.98. The Morgan fingerprint density at radius 3 is 2.51 bits per heavy atom. The van der Waals surface area contributed by atoms with Crippen LogP contribution in [0.25, 0.3) is 11.1 Å². The molecule has 0 unspecified atom stereocenters. The molecule has 1 N–H and O–H groups in total. The number of piperidine rings is 1. The Balaban J connectivity index is 1.11. The number of carboxylic acid groups (broad SMARTS) is 1. The number of carbonyl (C=O) groups is 2. The first kappa shape index (κ1) is 40.0. The third-order valence-electron chi connectivity index (χ3n) is 11.0. The second kappa shape index (κ2) is 17.5. The molecular formula is C44H44Cl2N6O5. The summed E-state index contributed by atoms with van der Waals surface area (Å²) in [5.41, 5.74) is 8.25. The summed E-state index contributed by atoms with van der Waals surface area (Å²) in [6.45, 7) is 4.96. The summed E-state index contributed by atoms with van der Waals surface area (Å²) in [5.74, 6) is 0.418. The quantitative estimate of drug-likeness (QED) is 0.117. The molecule has 11 nitrogen and oxygen atoms in total. The first-order valence-corrected chi connectivity index (χ1v) is 19.8. The number of hydrogen-bond donors (Lipinski definition) is 1. The van der Waals surface area contributed by atoms with E-state index in [4.69, 9.17) is 37.7 Å². The number of nitriles is 1. The van der Waals surface area contributed by atoms with Gasteiger partial charge in [-0.05, 0) is 67.7 Å². The SMILES string of the molecule is Cc1c(COc2cc(OCc3cncc(C#N)c3)c(CN3CCCC[C@H]3C(=O)O)cc2Cl)cccc1-c1cccc(CC(=O)c2nc3c(n2C)CCN(C)C3)c1Cl. The van der Waals surface area contributed by atoms with Crippen LogP contribution in [-0.4, -0.2) is 67.4 Å². The molecule has 7 rings (SSSR count). The molecule has 1 saturated heterocycles. The molecule has 5 aromatic rings. The van der Waals surface area contributed by atoms with Gasteiger partial charge in [-0.15, -0.1) is 0 Å². The molecule has 2 aromatic heterocycles. The van der Waals surface area contributed by atoms with Crippen molar-refractivity contribution in [2.75, 3.05) is 20.1 Å². The van der Waals surface area contributed by atoms with E-state index in [9.17, 15) is 20.0 Å². The minimum Gasteiger partial charge on any atom is -0.488 e. The van der Waals surface area contributed by atoms with Crippen molar-refractivity contribution >= 4 is 35.0 Å². The third-order valence-corrected chi connectivity index (χ3v) is 11.7. The van der Waals surface area contributed by atoms with Gasteiger partial charge in [0.25, 0.3) is 0 Å². The topological polar surface area (TPSA) is 134 Å². The third kappa shape index (κ3) is 8.85. The first-order valence-electron chi connectivity index (χ1n) is 19.0. The highest BCUT2D eigenvalue weighted by Gasteiger charge is 2.30. The maximum absolute atomic E-state index is 13.6. The molecular weight excluding hydrogens is 763 g/mol. The molecule has 0 spiro atoms. The summed E-state index contributed by atoms with van der Waals surface area (Å²) in [6, 6.07) is 18.4. The average molecular weight is 808 g/mol. The lowest BCUT2D eigenvalue weighted by Crippen LogP contribution is -2.44. The maximum atomic E-state index is 13.6. The van der Waals surface area contributed by atoms with Gasteiger partial charge in [-0.1, -0.05) is 66.0 Å². The minimum atomic E-state index is -0.850. The van der Waals surface area contributed by atoms with E-state index in [1.165, 1.54) is 6.20 Å². The molecule has 0 saturated carbocycles. The van der Waals surface area contributed by atoms with Gasteiger partial charge in [0.2, 0.25) is 5.78 Å². The molecule has 0 amide bonds. The number of likely N-dealkylation sites (tertiary alicyclic amines) is 1. The number of fused-ring (bicyclic) bond motifs is 1. The number of aliphatic carboxylic acids is 1. The Kier molecular flexibility index (Phi) is 12.3. The van der Waals surface area contributed by atoms with Gasteiger partial charge in [0.15, 0.2) is 5.82 Å². The average Bonchev–Trinajstić information content (AvgIpc) is 3.53. The Labute approximate surface area is 342 Å². The van der Waals surface area contributed by atoms with Crippen molar-refractivity contribution in [3.05, 3.63) is 128 Å². The molecule has 0 radical (unpaired) electrons. The molecule has 4 heterocycles. The van der Waals surface area contributed by atoms with Crippen molar-refractivity contribution in [2.45, 2.75) is 71.4 Å². The van der Waals surface area contributed by atoms with Crippen molar-refractivity contribution < 1.29 is 24.2 Å². The molecule has 294 valence electrons. The van der Waals surface area contributed by atoms with Gasteiger partial charge >= 0.3 is 5.97 Å². The van der Waals surface area contributed by atoms with Crippen LogP contribution in [0.2, 0.25) is 10.0 Å². The van der Waals surface area contributed by atoms with E-state index in [1.807, 2.05) is 59.8 Å². The van der Waals surface area contributed by atoms with Crippen molar-refractivity contribution in [3.63, 3.8) is 0 Å². The monoisotopic (exact) mass is 806 g/mol. The second-order valence-corrected chi connectivity index (χ2v) is 15.6. The van der Waals surface area contributed by atoms with Crippen LogP contribution in [0, 0.1) is 18.3 Å². The summed E-state index contributed by atoms with van der Waals surface area (Å²) >= 11 is 13.9. The lowest BCUT2D eigenvalue weighted by Gasteiger charge is -2.33. The highest BCUT2D eigenvalue weighted by molar-refractivity contribution is 6.34. The zero-order chi connectivity index (χ0) is 40.2. The summed E-state index contributed by atoms with van der Waals surface area (Å²) in [5, 5.41) is 20.2. The fourth-order valence-electron chi connectivity index (χ4n) is 7.78. The van der Waals surface area contributed by atoms with Crippen molar-refractivity contribution in [3.8, 4) is 28.7 Å². The largest absolute Gasteiger partial charge is 0.488 e. The number of pyridine rings is 1. The number of aromatic nitrogens is 3. The number of carboxylic acids is 1. The number of nitrogens with zero attached hydrogens (tertiary/aromatic N) is 6. The minimum absolute atomic E-state index is 0.0799. The summed E-state index contributed by atoms with van der Waals surface area (Å²) in [7, 11) is 3.97. The highest BCUT2D eigenvalue weighted by atomic mass is 35.5. The smallest absolute Gasteiger partial charge is 0.320 e. The molecule has 3 aromatic carbocycles. The molecule has 0 aliphatic carbocycles. The van der Waals surface area contributed by atoms with E-state index >= 15 is 0 Å². The van der Waals surface area contributed by atoms with Crippen molar-refractivity contribution in [1.29, 1.82) is 5.26 Å².